The first kappa shape index (κ1) is 61.9. The van der Waals surface area contributed by atoms with Crippen LogP contribution in [0, 0.1) is 0 Å². The molecule has 1 amide bonds. The van der Waals surface area contributed by atoms with E-state index in [0.717, 1.165) is 38.5 Å². The normalized spacial score (nSPS) is 13.0. The Kier molecular flexibility index (Phi) is 50.9. The minimum absolute atomic E-state index is 0.0886. The molecule has 0 bridgehead atoms. The summed E-state index contributed by atoms with van der Waals surface area (Å²) in [5.41, 5.74) is 0. The van der Waals surface area contributed by atoms with Gasteiger partial charge in [-0.05, 0) is 25.7 Å². The lowest BCUT2D eigenvalue weighted by atomic mass is 10.0. The van der Waals surface area contributed by atoms with E-state index in [4.69, 9.17) is 4.74 Å². The lowest BCUT2D eigenvalue weighted by molar-refractivity contribution is -0.151. The number of unbranched alkanes of at least 4 members (excludes halogenated alkanes) is 41. The van der Waals surface area contributed by atoms with Crippen molar-refractivity contribution in [2.45, 2.75) is 347 Å². The van der Waals surface area contributed by atoms with Gasteiger partial charge in [-0.1, -0.05) is 290 Å². The Morgan fingerprint density at radius 2 is 0.667 bits per heavy atom. The number of rotatable bonds is 53. The van der Waals surface area contributed by atoms with Gasteiger partial charge in [0.05, 0.1) is 25.2 Å². The van der Waals surface area contributed by atoms with Gasteiger partial charge >= 0.3 is 5.97 Å². The molecule has 3 unspecified atom stereocenters. The Hall–Kier alpha value is -1.14. The SMILES string of the molecule is CCCCCCCCCCCCCCCCCCCC(CC(=O)NC(CO)C(O)CCCCCCCCCCCCCCC)OC(=O)CCCCCCCCCCCCCCCC. The summed E-state index contributed by atoms with van der Waals surface area (Å²) in [5.74, 6) is -0.445. The minimum Gasteiger partial charge on any atom is -0.462 e. The van der Waals surface area contributed by atoms with Gasteiger partial charge in [0.15, 0.2) is 0 Å². The van der Waals surface area contributed by atoms with Crippen molar-refractivity contribution in [2.24, 2.45) is 0 Å². The Bertz CT molecular complexity index is 913. The molecular weight excluding hydrogens is 779 g/mol. The summed E-state index contributed by atoms with van der Waals surface area (Å²) in [6, 6.07) is -0.693. The zero-order valence-electron chi connectivity index (χ0n) is 43.0. The molecule has 0 aromatic carbocycles. The van der Waals surface area contributed by atoms with Crippen LogP contribution in [0.25, 0.3) is 0 Å². The maximum absolute atomic E-state index is 13.3. The van der Waals surface area contributed by atoms with Gasteiger partial charge in [0.2, 0.25) is 5.91 Å². The van der Waals surface area contributed by atoms with Crippen LogP contribution in [0.5, 0.6) is 0 Å². The molecule has 6 heteroatoms. The molecule has 0 fully saturated rings. The average molecular weight is 893 g/mol. The molecule has 0 aromatic rings. The first-order chi connectivity index (χ1) is 31.0. The van der Waals surface area contributed by atoms with Gasteiger partial charge in [0.25, 0.3) is 0 Å². The zero-order chi connectivity index (χ0) is 45.9. The largest absolute Gasteiger partial charge is 0.462 e. The van der Waals surface area contributed by atoms with Crippen LogP contribution in [0.2, 0.25) is 0 Å². The molecule has 0 saturated heterocycles. The topological polar surface area (TPSA) is 95.9 Å². The molecule has 0 heterocycles. The van der Waals surface area contributed by atoms with Gasteiger partial charge < -0.3 is 20.3 Å². The molecule has 0 aromatic heterocycles. The van der Waals surface area contributed by atoms with Gasteiger partial charge in [0.1, 0.15) is 6.10 Å². The number of carbonyl (C=O) groups is 2. The second kappa shape index (κ2) is 51.8. The highest BCUT2D eigenvalue weighted by Crippen LogP contribution is 2.19. The van der Waals surface area contributed by atoms with Crippen molar-refractivity contribution in [3.8, 4) is 0 Å². The van der Waals surface area contributed by atoms with Gasteiger partial charge in [-0.3, -0.25) is 9.59 Å². The first-order valence-electron chi connectivity index (χ1n) is 28.8. The minimum atomic E-state index is -0.780. The highest BCUT2D eigenvalue weighted by molar-refractivity contribution is 5.77. The van der Waals surface area contributed by atoms with Crippen molar-refractivity contribution >= 4 is 11.9 Å². The predicted molar refractivity (Wildman–Crippen MR) is 274 cm³/mol. The first-order valence-corrected chi connectivity index (χ1v) is 28.8. The Labute approximate surface area is 394 Å². The molecule has 63 heavy (non-hydrogen) atoms. The van der Waals surface area contributed by atoms with Crippen LogP contribution in [-0.2, 0) is 14.3 Å². The lowest BCUT2D eigenvalue weighted by Crippen LogP contribution is -2.46. The van der Waals surface area contributed by atoms with Crippen LogP contribution in [0.3, 0.4) is 0 Å². The molecule has 0 saturated carbocycles. The monoisotopic (exact) mass is 892 g/mol. The zero-order valence-corrected chi connectivity index (χ0v) is 43.0. The molecular formula is C57H113NO5. The highest BCUT2D eigenvalue weighted by Gasteiger charge is 2.24. The summed E-state index contributed by atoms with van der Waals surface area (Å²) in [5, 5.41) is 23.9. The van der Waals surface area contributed by atoms with E-state index in [1.54, 1.807) is 0 Å². The molecule has 6 nitrogen and oxygen atoms in total. The van der Waals surface area contributed by atoms with E-state index in [9.17, 15) is 19.8 Å². The number of amides is 1. The van der Waals surface area contributed by atoms with Crippen molar-refractivity contribution in [1.82, 2.24) is 5.32 Å². The average Bonchev–Trinajstić information content (AvgIpc) is 3.28. The molecule has 0 aliphatic carbocycles. The third-order valence-electron chi connectivity index (χ3n) is 13.7. The summed E-state index contributed by atoms with van der Waals surface area (Å²) in [6.07, 6.45) is 57.4. The molecule has 3 N–H and O–H groups in total. The molecule has 0 spiro atoms. The van der Waals surface area contributed by atoms with E-state index < -0.39 is 18.2 Å². The number of nitrogens with one attached hydrogen (secondary N) is 1. The fourth-order valence-electron chi connectivity index (χ4n) is 9.32. The van der Waals surface area contributed by atoms with E-state index >= 15 is 0 Å². The summed E-state index contributed by atoms with van der Waals surface area (Å²) < 4.78 is 5.97. The number of carbonyl (C=O) groups excluding carboxylic acids is 2. The summed E-state index contributed by atoms with van der Waals surface area (Å²) in [4.78, 5) is 26.2. The maximum atomic E-state index is 13.3. The fraction of sp³-hybridized carbons (Fsp3) is 0.965. The van der Waals surface area contributed by atoms with Crippen LogP contribution >= 0.6 is 0 Å². The number of esters is 1. The van der Waals surface area contributed by atoms with E-state index in [1.807, 2.05) is 0 Å². The van der Waals surface area contributed by atoms with Gasteiger partial charge in [-0.2, -0.15) is 0 Å². The second-order valence-electron chi connectivity index (χ2n) is 20.1. The number of hydrogen-bond donors (Lipinski definition) is 3. The molecule has 0 aliphatic rings. The number of aliphatic hydroxyl groups is 2. The Morgan fingerprint density at radius 1 is 0.397 bits per heavy atom. The number of ether oxygens (including phenoxy) is 1. The van der Waals surface area contributed by atoms with Crippen LogP contribution in [-0.4, -0.2) is 46.9 Å². The van der Waals surface area contributed by atoms with E-state index in [2.05, 4.69) is 26.1 Å². The highest BCUT2D eigenvalue weighted by atomic mass is 16.5. The van der Waals surface area contributed by atoms with Crippen molar-refractivity contribution in [1.29, 1.82) is 0 Å². The van der Waals surface area contributed by atoms with Crippen molar-refractivity contribution in [3.05, 3.63) is 0 Å². The molecule has 0 radical (unpaired) electrons. The van der Waals surface area contributed by atoms with Crippen LogP contribution in [0.15, 0.2) is 0 Å². The summed E-state index contributed by atoms with van der Waals surface area (Å²) >= 11 is 0. The third kappa shape index (κ3) is 47.2. The van der Waals surface area contributed by atoms with Crippen LogP contribution in [0.1, 0.15) is 329 Å². The van der Waals surface area contributed by atoms with E-state index in [1.165, 1.54) is 244 Å². The lowest BCUT2D eigenvalue weighted by Gasteiger charge is -2.24. The fourth-order valence-corrected chi connectivity index (χ4v) is 9.32. The summed E-state index contributed by atoms with van der Waals surface area (Å²) in [7, 11) is 0. The van der Waals surface area contributed by atoms with Crippen LogP contribution in [0.4, 0.5) is 0 Å². The Balaban J connectivity index is 4.50. The van der Waals surface area contributed by atoms with Gasteiger partial charge in [-0.15, -0.1) is 0 Å². The van der Waals surface area contributed by atoms with Crippen LogP contribution < -0.4 is 5.32 Å². The van der Waals surface area contributed by atoms with Gasteiger partial charge in [-0.25, -0.2) is 0 Å². The molecule has 3 atom stereocenters. The third-order valence-corrected chi connectivity index (χ3v) is 13.7. The standard InChI is InChI=1S/C57H113NO5/c1-4-7-10-13-16-19-22-25-27-28-29-31-33-36-39-42-45-48-53(63-57(62)50-47-44-41-38-35-32-26-23-20-17-14-11-8-5-2)51-56(61)58-54(52-59)55(60)49-46-43-40-37-34-30-24-21-18-15-12-9-6-3/h53-55,59-60H,4-52H2,1-3H3,(H,58,61). The van der Waals surface area contributed by atoms with Gasteiger partial charge in [0, 0.05) is 6.42 Å². The number of aliphatic hydroxyl groups excluding tert-OH is 2. The summed E-state index contributed by atoms with van der Waals surface area (Å²) in [6.45, 7) is 6.53. The molecule has 0 rings (SSSR count). The van der Waals surface area contributed by atoms with E-state index in [0.29, 0.717) is 19.3 Å². The van der Waals surface area contributed by atoms with Crippen molar-refractivity contribution < 1.29 is 24.5 Å². The smallest absolute Gasteiger partial charge is 0.306 e. The molecule has 376 valence electrons. The number of hydrogen-bond acceptors (Lipinski definition) is 5. The predicted octanol–water partition coefficient (Wildman–Crippen LogP) is 17.5. The maximum Gasteiger partial charge on any atom is 0.306 e. The van der Waals surface area contributed by atoms with Crippen molar-refractivity contribution in [3.63, 3.8) is 0 Å². The molecule has 0 aliphatic heterocycles. The second-order valence-corrected chi connectivity index (χ2v) is 20.1. The van der Waals surface area contributed by atoms with E-state index in [-0.39, 0.29) is 24.9 Å². The quantitative estimate of drug-likeness (QED) is 0.0418. The Morgan fingerprint density at radius 3 is 0.968 bits per heavy atom. The van der Waals surface area contributed by atoms with Crippen molar-refractivity contribution in [2.75, 3.05) is 6.61 Å².